The highest BCUT2D eigenvalue weighted by Crippen LogP contribution is 2.45. The van der Waals surface area contributed by atoms with Crippen molar-refractivity contribution >= 4 is 11.8 Å². The summed E-state index contributed by atoms with van der Waals surface area (Å²) < 4.78 is 19.0. The average Bonchev–Trinajstić information content (AvgIpc) is 3.21. The highest BCUT2D eigenvalue weighted by atomic mass is 19.1. The Morgan fingerprint density at radius 2 is 1.58 bits per heavy atom. The van der Waals surface area contributed by atoms with Gasteiger partial charge in [-0.1, -0.05) is 55.3 Å². The molecular weight excluding hydrogens is 455 g/mol. The number of hydrogen-bond donors (Lipinski definition) is 0. The minimum Gasteiger partial charge on any atom is -0.497 e. The lowest BCUT2D eigenvalue weighted by Crippen LogP contribution is -2.48. The van der Waals surface area contributed by atoms with E-state index in [1.807, 2.05) is 53.4 Å². The van der Waals surface area contributed by atoms with E-state index < -0.39 is 12.0 Å². The predicted molar refractivity (Wildman–Crippen MR) is 136 cm³/mol. The zero-order valence-electron chi connectivity index (χ0n) is 20.5. The Labute approximate surface area is 211 Å². The number of carbonyl (C=O) groups excluding carboxylic acids is 2. The van der Waals surface area contributed by atoms with Gasteiger partial charge in [0.1, 0.15) is 11.6 Å². The summed E-state index contributed by atoms with van der Waals surface area (Å²) in [5.41, 5.74) is 3.00. The van der Waals surface area contributed by atoms with Gasteiger partial charge in [-0.3, -0.25) is 9.59 Å². The molecule has 2 aliphatic rings. The third-order valence-corrected chi connectivity index (χ3v) is 7.35. The molecule has 2 heterocycles. The molecule has 1 saturated heterocycles. The van der Waals surface area contributed by atoms with Crippen LogP contribution in [-0.2, 0) is 11.3 Å². The number of likely N-dealkylation sites (tertiary alicyclic amines) is 1. The maximum Gasteiger partial charge on any atom is 0.255 e. The first-order valence-corrected chi connectivity index (χ1v) is 12.6. The SMILES string of the molecule is COc1ccc([C@H]2[C@H](C(=O)N3CCCCCC3)c3ccccc3C(=O)N2Cc2ccc(F)cc2)cc1. The predicted octanol–water partition coefficient (Wildman–Crippen LogP) is 5.72. The lowest BCUT2D eigenvalue weighted by atomic mass is 9.78. The standard InChI is InChI=1S/C30H31FN2O3/c1-36-24-16-12-22(13-17-24)28-27(30(35)32-18-6-2-3-7-19-32)25-8-4-5-9-26(25)29(34)33(28)20-21-10-14-23(31)15-11-21/h4-5,8-17,27-28H,2-3,6-7,18-20H2,1H3/t27-,28+/m1/s1. The Bertz CT molecular complexity index is 1220. The summed E-state index contributed by atoms with van der Waals surface area (Å²) in [6, 6.07) is 20.8. The number of halogens is 1. The van der Waals surface area contributed by atoms with Crippen molar-refractivity contribution in [3.05, 3.63) is 101 Å². The van der Waals surface area contributed by atoms with Crippen LogP contribution in [0.5, 0.6) is 5.75 Å². The molecule has 186 valence electrons. The quantitative estimate of drug-likeness (QED) is 0.464. The van der Waals surface area contributed by atoms with E-state index in [1.54, 1.807) is 24.1 Å². The van der Waals surface area contributed by atoms with Crippen molar-refractivity contribution in [1.82, 2.24) is 9.80 Å². The van der Waals surface area contributed by atoms with Crippen molar-refractivity contribution in [1.29, 1.82) is 0 Å². The summed E-state index contributed by atoms with van der Waals surface area (Å²) in [5.74, 6) is -0.222. The van der Waals surface area contributed by atoms with Crippen molar-refractivity contribution in [2.45, 2.75) is 44.2 Å². The van der Waals surface area contributed by atoms with Gasteiger partial charge in [0.15, 0.2) is 0 Å². The lowest BCUT2D eigenvalue weighted by Gasteiger charge is -2.43. The van der Waals surface area contributed by atoms with E-state index >= 15 is 0 Å². The summed E-state index contributed by atoms with van der Waals surface area (Å²) in [7, 11) is 1.61. The van der Waals surface area contributed by atoms with Gasteiger partial charge in [0.05, 0.1) is 19.1 Å². The third-order valence-electron chi connectivity index (χ3n) is 7.35. The molecule has 0 saturated carbocycles. The molecule has 36 heavy (non-hydrogen) atoms. The van der Waals surface area contributed by atoms with Gasteiger partial charge in [0, 0.05) is 25.2 Å². The number of nitrogens with zero attached hydrogens (tertiary/aromatic N) is 2. The normalized spacial score (nSPS) is 20.0. The molecule has 0 aromatic heterocycles. The molecular formula is C30H31FN2O3. The fourth-order valence-corrected chi connectivity index (χ4v) is 5.48. The van der Waals surface area contributed by atoms with Crippen molar-refractivity contribution in [2.75, 3.05) is 20.2 Å². The molecule has 2 atom stereocenters. The molecule has 6 heteroatoms. The van der Waals surface area contributed by atoms with Crippen molar-refractivity contribution < 1.29 is 18.7 Å². The Morgan fingerprint density at radius 1 is 0.917 bits per heavy atom. The average molecular weight is 487 g/mol. The van der Waals surface area contributed by atoms with Crippen LogP contribution in [0.3, 0.4) is 0 Å². The monoisotopic (exact) mass is 486 g/mol. The first kappa shape index (κ1) is 24.0. The van der Waals surface area contributed by atoms with E-state index in [4.69, 9.17) is 4.74 Å². The second-order valence-corrected chi connectivity index (χ2v) is 9.58. The number of ether oxygens (including phenoxy) is 1. The number of hydrogen-bond acceptors (Lipinski definition) is 3. The second-order valence-electron chi connectivity index (χ2n) is 9.58. The molecule has 2 aliphatic heterocycles. The number of benzene rings is 3. The molecule has 0 N–H and O–H groups in total. The molecule has 2 amide bonds. The smallest absolute Gasteiger partial charge is 0.255 e. The van der Waals surface area contributed by atoms with Gasteiger partial charge in [0.2, 0.25) is 5.91 Å². The maximum absolute atomic E-state index is 14.2. The minimum absolute atomic E-state index is 0.0572. The maximum atomic E-state index is 14.2. The number of methoxy groups -OCH3 is 1. The van der Waals surface area contributed by atoms with Crippen LogP contribution in [0.2, 0.25) is 0 Å². The molecule has 0 bridgehead atoms. The Kier molecular flexibility index (Phi) is 7.03. The Balaban J connectivity index is 1.63. The molecule has 5 nitrogen and oxygen atoms in total. The van der Waals surface area contributed by atoms with Crippen LogP contribution >= 0.6 is 0 Å². The second kappa shape index (κ2) is 10.5. The van der Waals surface area contributed by atoms with Gasteiger partial charge in [0.25, 0.3) is 5.91 Å². The minimum atomic E-state index is -0.536. The van der Waals surface area contributed by atoms with Crippen LogP contribution in [0, 0.1) is 5.82 Å². The first-order chi connectivity index (χ1) is 17.6. The van der Waals surface area contributed by atoms with Crippen LogP contribution < -0.4 is 4.74 Å². The zero-order valence-corrected chi connectivity index (χ0v) is 20.5. The molecule has 0 radical (unpaired) electrons. The molecule has 1 fully saturated rings. The molecule has 3 aromatic carbocycles. The van der Waals surface area contributed by atoms with Crippen molar-refractivity contribution in [2.24, 2.45) is 0 Å². The number of fused-ring (bicyclic) bond motifs is 1. The van der Waals surface area contributed by atoms with Crippen LogP contribution in [0.4, 0.5) is 4.39 Å². The lowest BCUT2D eigenvalue weighted by molar-refractivity contribution is -0.134. The van der Waals surface area contributed by atoms with Crippen LogP contribution in [0.25, 0.3) is 0 Å². The van der Waals surface area contributed by atoms with Crippen LogP contribution in [-0.4, -0.2) is 41.8 Å². The molecule has 0 aliphatic carbocycles. The van der Waals surface area contributed by atoms with Crippen LogP contribution in [0.15, 0.2) is 72.8 Å². The van der Waals surface area contributed by atoms with E-state index in [9.17, 15) is 14.0 Å². The fourth-order valence-electron chi connectivity index (χ4n) is 5.48. The van der Waals surface area contributed by atoms with Gasteiger partial charge < -0.3 is 14.5 Å². The van der Waals surface area contributed by atoms with Gasteiger partial charge in [-0.25, -0.2) is 4.39 Å². The summed E-state index contributed by atoms with van der Waals surface area (Å²) in [6.07, 6.45) is 4.24. The number of rotatable bonds is 5. The van der Waals surface area contributed by atoms with Gasteiger partial charge >= 0.3 is 0 Å². The van der Waals surface area contributed by atoms with E-state index in [0.717, 1.165) is 55.5 Å². The van der Waals surface area contributed by atoms with Gasteiger partial charge in [-0.15, -0.1) is 0 Å². The Morgan fingerprint density at radius 3 is 2.25 bits per heavy atom. The largest absolute Gasteiger partial charge is 0.497 e. The van der Waals surface area contributed by atoms with Gasteiger partial charge in [-0.2, -0.15) is 0 Å². The van der Waals surface area contributed by atoms with E-state index in [-0.39, 0.29) is 24.2 Å². The highest BCUT2D eigenvalue weighted by molar-refractivity contribution is 6.01. The summed E-state index contributed by atoms with van der Waals surface area (Å²) >= 11 is 0. The highest BCUT2D eigenvalue weighted by Gasteiger charge is 2.45. The van der Waals surface area contributed by atoms with Crippen molar-refractivity contribution in [3.8, 4) is 5.75 Å². The summed E-state index contributed by atoms with van der Waals surface area (Å²) in [4.78, 5) is 31.9. The van der Waals surface area contributed by atoms with Crippen LogP contribution in [0.1, 0.15) is 64.7 Å². The summed E-state index contributed by atoms with van der Waals surface area (Å²) in [5, 5.41) is 0. The topological polar surface area (TPSA) is 49.9 Å². The van der Waals surface area contributed by atoms with E-state index in [0.29, 0.717) is 11.3 Å². The van der Waals surface area contributed by atoms with E-state index in [2.05, 4.69) is 0 Å². The fraction of sp³-hybridized carbons (Fsp3) is 0.333. The molecule has 0 spiro atoms. The van der Waals surface area contributed by atoms with E-state index in [1.165, 1.54) is 12.1 Å². The molecule has 0 unspecified atom stereocenters. The Hall–Kier alpha value is -3.67. The van der Waals surface area contributed by atoms with Gasteiger partial charge in [-0.05, 0) is 59.9 Å². The molecule has 5 rings (SSSR count). The summed E-state index contributed by atoms with van der Waals surface area (Å²) in [6.45, 7) is 1.74. The number of amides is 2. The zero-order chi connectivity index (χ0) is 25.1. The number of carbonyl (C=O) groups is 2. The van der Waals surface area contributed by atoms with Crippen molar-refractivity contribution in [3.63, 3.8) is 0 Å². The third kappa shape index (κ3) is 4.72. The molecule has 3 aromatic rings. The first-order valence-electron chi connectivity index (χ1n) is 12.6.